The molecule has 0 saturated carbocycles. The van der Waals surface area contributed by atoms with E-state index in [0.717, 1.165) is 47.5 Å². The molecule has 1 fully saturated rings. The number of thioether (sulfide) groups is 1. The summed E-state index contributed by atoms with van der Waals surface area (Å²) in [6, 6.07) is 0. The molecule has 1 atom stereocenters. The number of anilines is 1. The van der Waals surface area contributed by atoms with Crippen molar-refractivity contribution in [1.29, 1.82) is 0 Å². The Morgan fingerprint density at radius 3 is 2.67 bits per heavy atom. The third-order valence-electron chi connectivity index (χ3n) is 5.92. The highest BCUT2D eigenvalue weighted by atomic mass is 32.2. The van der Waals surface area contributed by atoms with Gasteiger partial charge in [0.2, 0.25) is 0 Å². The van der Waals surface area contributed by atoms with Crippen LogP contribution in [0.25, 0.3) is 10.2 Å². The van der Waals surface area contributed by atoms with Crippen LogP contribution in [0, 0.1) is 0 Å². The minimum atomic E-state index is -0.226. The van der Waals surface area contributed by atoms with Crippen LogP contribution in [-0.2, 0) is 22.5 Å². The Kier molecular flexibility index (Phi) is 6.41. The standard InChI is InChI=1S/C21H30N4O3S2/c1-5-21(4)12-14-15(13-28-21)30-18-16(14)17(22-19(23-18)29-7-3)24-8-10-25(11-9-24)20(26)27-6-2/h5-13H2,1-4H3/t21-/m0/s1. The topological polar surface area (TPSA) is 67.8 Å². The molecular weight excluding hydrogens is 420 g/mol. The van der Waals surface area contributed by atoms with E-state index in [0.29, 0.717) is 26.3 Å². The third kappa shape index (κ3) is 4.11. The lowest BCUT2D eigenvalue weighted by atomic mass is 9.90. The third-order valence-corrected chi connectivity index (χ3v) is 7.75. The maximum atomic E-state index is 12.1. The molecule has 0 radical (unpaired) electrons. The van der Waals surface area contributed by atoms with Crippen molar-refractivity contribution in [2.24, 2.45) is 0 Å². The first-order chi connectivity index (χ1) is 14.5. The fourth-order valence-corrected chi connectivity index (χ4v) is 5.72. The van der Waals surface area contributed by atoms with E-state index in [1.54, 1.807) is 28.0 Å². The van der Waals surface area contributed by atoms with Crippen LogP contribution in [0.15, 0.2) is 5.16 Å². The van der Waals surface area contributed by atoms with Gasteiger partial charge < -0.3 is 19.3 Å². The number of thiophene rings is 1. The summed E-state index contributed by atoms with van der Waals surface area (Å²) in [6.07, 6.45) is 1.64. The zero-order chi connectivity index (χ0) is 21.3. The fraction of sp³-hybridized carbons (Fsp3) is 0.667. The molecule has 164 valence electrons. The summed E-state index contributed by atoms with van der Waals surface area (Å²) in [4.78, 5) is 28.4. The number of rotatable bonds is 5. The summed E-state index contributed by atoms with van der Waals surface area (Å²) >= 11 is 3.41. The number of ether oxygens (including phenoxy) is 2. The molecule has 0 unspecified atom stereocenters. The summed E-state index contributed by atoms with van der Waals surface area (Å²) in [6.45, 7) is 12.2. The molecule has 0 N–H and O–H groups in total. The summed E-state index contributed by atoms with van der Waals surface area (Å²) in [7, 11) is 0. The predicted octanol–water partition coefficient (Wildman–Crippen LogP) is 4.32. The molecule has 1 saturated heterocycles. The summed E-state index contributed by atoms with van der Waals surface area (Å²) in [5.74, 6) is 1.95. The van der Waals surface area contributed by atoms with Crippen molar-refractivity contribution in [3.63, 3.8) is 0 Å². The van der Waals surface area contributed by atoms with Gasteiger partial charge in [0, 0.05) is 37.5 Å². The highest BCUT2D eigenvalue weighted by Gasteiger charge is 2.34. The van der Waals surface area contributed by atoms with E-state index in [2.05, 4.69) is 25.7 Å². The Hall–Kier alpha value is -1.58. The molecule has 2 aromatic rings. The molecule has 4 heterocycles. The molecule has 4 rings (SSSR count). The molecule has 2 aliphatic heterocycles. The lowest BCUT2D eigenvalue weighted by Gasteiger charge is -2.36. The molecule has 2 aromatic heterocycles. The molecule has 0 bridgehead atoms. The van der Waals surface area contributed by atoms with Gasteiger partial charge in [0.25, 0.3) is 0 Å². The average Bonchev–Trinajstić information content (AvgIpc) is 3.11. The monoisotopic (exact) mass is 450 g/mol. The molecule has 2 aliphatic rings. The maximum absolute atomic E-state index is 12.1. The van der Waals surface area contributed by atoms with Gasteiger partial charge >= 0.3 is 6.09 Å². The van der Waals surface area contributed by atoms with Crippen LogP contribution in [0.3, 0.4) is 0 Å². The second-order valence-electron chi connectivity index (χ2n) is 7.89. The number of hydrogen-bond acceptors (Lipinski definition) is 8. The van der Waals surface area contributed by atoms with E-state index in [1.165, 1.54) is 15.8 Å². The van der Waals surface area contributed by atoms with Crippen LogP contribution < -0.4 is 4.90 Å². The zero-order valence-corrected chi connectivity index (χ0v) is 19.8. The van der Waals surface area contributed by atoms with Gasteiger partial charge in [0.1, 0.15) is 10.6 Å². The van der Waals surface area contributed by atoms with Crippen molar-refractivity contribution >= 4 is 45.2 Å². The van der Waals surface area contributed by atoms with Crippen LogP contribution in [0.5, 0.6) is 0 Å². The van der Waals surface area contributed by atoms with E-state index in [-0.39, 0.29) is 11.7 Å². The molecule has 0 aromatic carbocycles. The number of nitrogens with zero attached hydrogens (tertiary/aromatic N) is 4. The van der Waals surface area contributed by atoms with Crippen LogP contribution in [0.4, 0.5) is 10.6 Å². The molecule has 9 heteroatoms. The zero-order valence-electron chi connectivity index (χ0n) is 18.2. The van der Waals surface area contributed by atoms with Crippen molar-refractivity contribution in [1.82, 2.24) is 14.9 Å². The van der Waals surface area contributed by atoms with Crippen LogP contribution in [0.1, 0.15) is 44.6 Å². The quantitative estimate of drug-likeness (QED) is 0.496. The highest BCUT2D eigenvalue weighted by Crippen LogP contribution is 2.43. The molecular formula is C21H30N4O3S2. The lowest BCUT2D eigenvalue weighted by Crippen LogP contribution is -2.49. The Labute approximate surface area is 186 Å². The number of carbonyl (C=O) groups excluding carboxylic acids is 1. The molecule has 0 aliphatic carbocycles. The highest BCUT2D eigenvalue weighted by molar-refractivity contribution is 7.99. The number of amides is 1. The van der Waals surface area contributed by atoms with Crippen LogP contribution >= 0.6 is 23.1 Å². The SMILES string of the molecule is CCOC(=O)N1CCN(c2nc(SCC)nc3sc4c(c23)C[C@](C)(CC)OC4)CC1. The van der Waals surface area contributed by atoms with E-state index in [9.17, 15) is 4.79 Å². The van der Waals surface area contributed by atoms with E-state index in [4.69, 9.17) is 19.4 Å². The van der Waals surface area contributed by atoms with Gasteiger partial charge in [-0.15, -0.1) is 11.3 Å². The lowest BCUT2D eigenvalue weighted by molar-refractivity contribution is -0.0543. The molecule has 1 amide bonds. The molecule has 7 nitrogen and oxygen atoms in total. The average molecular weight is 451 g/mol. The van der Waals surface area contributed by atoms with Gasteiger partial charge in [0.15, 0.2) is 5.16 Å². The van der Waals surface area contributed by atoms with Gasteiger partial charge in [-0.2, -0.15) is 0 Å². The molecule has 0 spiro atoms. The smallest absolute Gasteiger partial charge is 0.409 e. The second kappa shape index (κ2) is 8.88. The summed E-state index contributed by atoms with van der Waals surface area (Å²) in [5.41, 5.74) is 1.21. The first kappa shape index (κ1) is 21.6. The maximum Gasteiger partial charge on any atom is 0.409 e. The fourth-order valence-electron chi connectivity index (χ4n) is 4.00. The van der Waals surface area contributed by atoms with Gasteiger partial charge in [-0.1, -0.05) is 25.6 Å². The predicted molar refractivity (Wildman–Crippen MR) is 122 cm³/mol. The van der Waals surface area contributed by atoms with E-state index >= 15 is 0 Å². The van der Waals surface area contributed by atoms with E-state index < -0.39 is 0 Å². The van der Waals surface area contributed by atoms with Crippen molar-refractivity contribution in [3.05, 3.63) is 10.4 Å². The van der Waals surface area contributed by atoms with Gasteiger partial charge in [-0.3, -0.25) is 0 Å². The number of fused-ring (bicyclic) bond motifs is 3. The van der Waals surface area contributed by atoms with Gasteiger partial charge in [0.05, 0.1) is 24.2 Å². The number of piperazine rings is 1. The van der Waals surface area contributed by atoms with Crippen LogP contribution in [-0.4, -0.2) is 65.1 Å². The van der Waals surface area contributed by atoms with Crippen molar-refractivity contribution in [2.75, 3.05) is 43.4 Å². The molecule has 30 heavy (non-hydrogen) atoms. The van der Waals surface area contributed by atoms with Crippen molar-refractivity contribution in [2.45, 2.75) is 57.9 Å². The Morgan fingerprint density at radius 2 is 2.00 bits per heavy atom. The summed E-state index contributed by atoms with van der Waals surface area (Å²) < 4.78 is 11.4. The Bertz CT molecular complexity index is 927. The Morgan fingerprint density at radius 1 is 1.23 bits per heavy atom. The first-order valence-electron chi connectivity index (χ1n) is 10.7. The number of carbonyl (C=O) groups is 1. The number of hydrogen-bond donors (Lipinski definition) is 0. The van der Waals surface area contributed by atoms with Gasteiger partial charge in [-0.05, 0) is 31.6 Å². The number of aromatic nitrogens is 2. The van der Waals surface area contributed by atoms with E-state index in [1.807, 2.05) is 6.92 Å². The second-order valence-corrected chi connectivity index (χ2v) is 10.2. The van der Waals surface area contributed by atoms with Crippen molar-refractivity contribution < 1.29 is 14.3 Å². The van der Waals surface area contributed by atoms with Gasteiger partial charge in [-0.25, -0.2) is 14.8 Å². The summed E-state index contributed by atoms with van der Waals surface area (Å²) in [5, 5.41) is 2.01. The van der Waals surface area contributed by atoms with Crippen molar-refractivity contribution in [3.8, 4) is 0 Å². The van der Waals surface area contributed by atoms with Crippen LogP contribution in [0.2, 0.25) is 0 Å². The minimum absolute atomic E-state index is 0.141. The normalized spacial score (nSPS) is 21.7. The first-order valence-corrected chi connectivity index (χ1v) is 12.5. The minimum Gasteiger partial charge on any atom is -0.450 e. The largest absolute Gasteiger partial charge is 0.450 e. The Balaban J connectivity index is 1.70.